The molecular formula is C72H136O17P2. The number of phosphoric acid groups is 2. The molecule has 3 N–H and O–H groups in total. The summed E-state index contributed by atoms with van der Waals surface area (Å²) in [5.41, 5.74) is 0. The molecule has 0 aliphatic heterocycles. The second kappa shape index (κ2) is 64.9. The van der Waals surface area contributed by atoms with Crippen LogP contribution in [0.15, 0.2) is 24.3 Å². The van der Waals surface area contributed by atoms with E-state index in [-0.39, 0.29) is 25.7 Å². The number of esters is 4. The number of hydrogen-bond donors (Lipinski definition) is 3. The highest BCUT2D eigenvalue weighted by Crippen LogP contribution is 2.45. The first-order valence-electron chi connectivity index (χ1n) is 37.0. The summed E-state index contributed by atoms with van der Waals surface area (Å²) in [5.74, 6) is -1.40. The van der Waals surface area contributed by atoms with E-state index in [1.807, 2.05) is 0 Å². The van der Waals surface area contributed by atoms with Crippen LogP contribution in [0.3, 0.4) is 0 Å². The van der Waals surface area contributed by atoms with E-state index in [2.05, 4.69) is 58.9 Å². The molecule has 0 fully saturated rings. The molecule has 17 nitrogen and oxygen atoms in total. The van der Waals surface area contributed by atoms with Gasteiger partial charge in [-0.05, 0) is 57.3 Å². The second-order valence-corrected chi connectivity index (χ2v) is 28.7. The number of unbranched alkanes of at least 4 members (excludes halogenated alkanes) is 39. The molecule has 2 unspecified atom stereocenters. The summed E-state index contributed by atoms with van der Waals surface area (Å²) in [4.78, 5) is 72.5. The number of aliphatic hydroxyl groups is 1. The summed E-state index contributed by atoms with van der Waals surface area (Å²) in [6, 6.07) is 0. The van der Waals surface area contributed by atoms with Crippen molar-refractivity contribution in [2.45, 2.75) is 368 Å². The maximum absolute atomic E-state index is 13.0. The molecule has 0 saturated carbocycles. The van der Waals surface area contributed by atoms with E-state index in [0.717, 1.165) is 128 Å². The van der Waals surface area contributed by atoms with Crippen LogP contribution in [0, 0.1) is 5.92 Å². The fourth-order valence-corrected chi connectivity index (χ4v) is 12.0. The fraction of sp³-hybridized carbons (Fsp3) is 0.889. The molecular weight excluding hydrogens is 1200 g/mol. The zero-order valence-electron chi connectivity index (χ0n) is 58.5. The van der Waals surface area contributed by atoms with Crippen molar-refractivity contribution >= 4 is 39.5 Å². The number of rotatable bonds is 70. The summed E-state index contributed by atoms with van der Waals surface area (Å²) in [7, 11) is -9.91. The van der Waals surface area contributed by atoms with E-state index in [0.29, 0.717) is 25.7 Å². The van der Waals surface area contributed by atoms with Gasteiger partial charge in [0, 0.05) is 25.7 Å². The zero-order valence-corrected chi connectivity index (χ0v) is 60.3. The first-order valence-corrected chi connectivity index (χ1v) is 39.9. The Balaban J connectivity index is 5.24. The number of ether oxygens (including phenoxy) is 4. The van der Waals surface area contributed by atoms with Crippen molar-refractivity contribution in [3.63, 3.8) is 0 Å². The van der Waals surface area contributed by atoms with E-state index >= 15 is 0 Å². The van der Waals surface area contributed by atoms with Crippen molar-refractivity contribution in [1.82, 2.24) is 0 Å². The van der Waals surface area contributed by atoms with Crippen molar-refractivity contribution in [2.75, 3.05) is 39.6 Å². The number of hydrogen-bond acceptors (Lipinski definition) is 15. The van der Waals surface area contributed by atoms with E-state index in [9.17, 15) is 43.2 Å². The standard InChI is InChI=1S/C72H136O17P2/c1-6-9-12-15-18-20-22-24-26-28-30-32-37-42-47-52-57-71(76)89-68(62-83-70(75)56-51-46-41-36-31-29-27-25-23-21-19-16-13-10-7-2)64-87-91(80,81)85-60-66(73)59-84-90(78,79)86-63-67(61-82-69(74)55-50-45-39-17-14-11-8-3)88-72(77)58-53-48-43-38-34-33-35-40-44-49-54-65(4)5/h21,23,25,27,65-68,73H,6-20,22,24,26,28-64H2,1-5H3,(H,78,79)(H,80,81)/b23-21-,27-25-/t66-,67+,68+/m0/s1. The van der Waals surface area contributed by atoms with Gasteiger partial charge in [-0.3, -0.25) is 37.3 Å². The highest BCUT2D eigenvalue weighted by atomic mass is 31.2. The zero-order chi connectivity index (χ0) is 67.0. The summed E-state index contributed by atoms with van der Waals surface area (Å²) in [5, 5.41) is 10.6. The molecule has 536 valence electrons. The second-order valence-electron chi connectivity index (χ2n) is 25.8. The molecule has 0 aromatic carbocycles. The Bertz CT molecular complexity index is 1850. The van der Waals surface area contributed by atoms with Gasteiger partial charge >= 0.3 is 39.5 Å². The highest BCUT2D eigenvalue weighted by molar-refractivity contribution is 7.47. The Labute approximate surface area is 554 Å². The molecule has 0 aliphatic carbocycles. The highest BCUT2D eigenvalue weighted by Gasteiger charge is 2.30. The molecule has 0 spiro atoms. The van der Waals surface area contributed by atoms with Crippen LogP contribution in [-0.4, -0.2) is 96.7 Å². The third kappa shape index (κ3) is 66.0. The number of aliphatic hydroxyl groups excluding tert-OH is 1. The summed E-state index contributed by atoms with van der Waals surface area (Å²) in [6.07, 6.45) is 55.0. The minimum atomic E-state index is -4.96. The number of carbonyl (C=O) groups is 4. The van der Waals surface area contributed by atoms with Gasteiger partial charge in [0.05, 0.1) is 26.4 Å². The Kier molecular flexibility index (Phi) is 63.1. The van der Waals surface area contributed by atoms with Crippen LogP contribution >= 0.6 is 15.6 Å². The molecule has 0 aromatic rings. The Morgan fingerprint density at radius 3 is 0.901 bits per heavy atom. The van der Waals surface area contributed by atoms with Crippen LogP contribution in [0.2, 0.25) is 0 Å². The van der Waals surface area contributed by atoms with Crippen molar-refractivity contribution in [3.05, 3.63) is 24.3 Å². The molecule has 19 heteroatoms. The summed E-state index contributed by atoms with van der Waals surface area (Å²) in [6.45, 7) is 7.14. The molecule has 0 bridgehead atoms. The van der Waals surface area contributed by atoms with Crippen LogP contribution in [0.1, 0.15) is 349 Å². The van der Waals surface area contributed by atoms with Crippen molar-refractivity contribution in [1.29, 1.82) is 0 Å². The van der Waals surface area contributed by atoms with Gasteiger partial charge in [0.1, 0.15) is 19.3 Å². The third-order valence-corrected chi connectivity index (χ3v) is 18.1. The number of allylic oxidation sites excluding steroid dienone is 4. The van der Waals surface area contributed by atoms with Gasteiger partial charge in [-0.15, -0.1) is 0 Å². The van der Waals surface area contributed by atoms with Crippen LogP contribution < -0.4 is 0 Å². The maximum Gasteiger partial charge on any atom is 0.472 e. The number of phosphoric ester groups is 2. The van der Waals surface area contributed by atoms with E-state index < -0.39 is 97.5 Å². The van der Waals surface area contributed by atoms with Crippen LogP contribution in [-0.2, 0) is 65.4 Å². The molecule has 0 aliphatic rings. The largest absolute Gasteiger partial charge is 0.472 e. The fourth-order valence-electron chi connectivity index (χ4n) is 10.5. The minimum absolute atomic E-state index is 0.101. The first-order chi connectivity index (χ1) is 44.0. The Hall–Kier alpha value is -2.46. The molecule has 0 rings (SSSR count). The molecule has 0 saturated heterocycles. The SMILES string of the molecule is CCCCCC/C=C\C=C/CCCCCCCC(=O)OC[C@H](COP(=O)(O)OC[C@@H](O)COP(=O)(O)OC[C@@H](COC(=O)CCCCCCCCC)OC(=O)CCCCCCCCCCCCC(C)C)OC(=O)CCCCCCCCCCCCCCCCCC. The average molecular weight is 1340 g/mol. The lowest BCUT2D eigenvalue weighted by Gasteiger charge is -2.21. The van der Waals surface area contributed by atoms with Crippen molar-refractivity contribution < 1.29 is 80.2 Å². The third-order valence-electron chi connectivity index (χ3n) is 16.2. The van der Waals surface area contributed by atoms with E-state index in [1.54, 1.807) is 0 Å². The predicted molar refractivity (Wildman–Crippen MR) is 368 cm³/mol. The quantitative estimate of drug-likeness (QED) is 0.0169. The lowest BCUT2D eigenvalue weighted by atomic mass is 10.0. The smallest absolute Gasteiger partial charge is 0.462 e. The Morgan fingerprint density at radius 1 is 0.341 bits per heavy atom. The van der Waals surface area contributed by atoms with Gasteiger partial charge < -0.3 is 33.8 Å². The lowest BCUT2D eigenvalue weighted by molar-refractivity contribution is -0.161. The normalized spacial score (nSPS) is 14.2. The monoisotopic (exact) mass is 1330 g/mol. The van der Waals surface area contributed by atoms with E-state index in [1.165, 1.54) is 141 Å². The van der Waals surface area contributed by atoms with Crippen molar-refractivity contribution in [3.8, 4) is 0 Å². The molecule has 5 atom stereocenters. The Morgan fingerprint density at radius 2 is 0.593 bits per heavy atom. The van der Waals surface area contributed by atoms with E-state index in [4.69, 9.17) is 37.0 Å². The van der Waals surface area contributed by atoms with Gasteiger partial charge in [-0.2, -0.15) is 0 Å². The predicted octanol–water partition coefficient (Wildman–Crippen LogP) is 20.5. The topological polar surface area (TPSA) is 237 Å². The molecule has 91 heavy (non-hydrogen) atoms. The molecule has 0 aromatic heterocycles. The van der Waals surface area contributed by atoms with Crippen LogP contribution in [0.25, 0.3) is 0 Å². The molecule has 0 radical (unpaired) electrons. The minimum Gasteiger partial charge on any atom is -0.462 e. The van der Waals surface area contributed by atoms with Gasteiger partial charge in [0.2, 0.25) is 0 Å². The molecule has 0 amide bonds. The van der Waals surface area contributed by atoms with Gasteiger partial charge in [0.25, 0.3) is 0 Å². The van der Waals surface area contributed by atoms with Crippen LogP contribution in [0.5, 0.6) is 0 Å². The van der Waals surface area contributed by atoms with Gasteiger partial charge in [-0.25, -0.2) is 9.13 Å². The molecule has 0 heterocycles. The van der Waals surface area contributed by atoms with Gasteiger partial charge in [-0.1, -0.05) is 296 Å². The summed E-state index contributed by atoms with van der Waals surface area (Å²) < 4.78 is 68.2. The first kappa shape index (κ1) is 88.5. The van der Waals surface area contributed by atoms with Crippen molar-refractivity contribution in [2.24, 2.45) is 5.92 Å². The van der Waals surface area contributed by atoms with Crippen LogP contribution in [0.4, 0.5) is 0 Å². The summed E-state index contributed by atoms with van der Waals surface area (Å²) >= 11 is 0. The average Bonchev–Trinajstić information content (AvgIpc) is 3.73. The maximum atomic E-state index is 13.0. The lowest BCUT2D eigenvalue weighted by Crippen LogP contribution is -2.30. The number of carbonyl (C=O) groups excluding carboxylic acids is 4. The van der Waals surface area contributed by atoms with Gasteiger partial charge in [0.15, 0.2) is 12.2 Å².